The zero-order valence-corrected chi connectivity index (χ0v) is 16.0. The lowest BCUT2D eigenvalue weighted by atomic mass is 9.51. The molecule has 0 aromatic heterocycles. The first-order valence-electron chi connectivity index (χ1n) is 9.53. The van der Waals surface area contributed by atoms with Crippen molar-refractivity contribution >= 4 is 17.6 Å². The number of fused-ring (bicyclic) bond motifs is 3. The molecule has 142 valence electrons. The SMILES string of the molecule is CCOC(=O)C(Nc1ccc(C)cc1)C12CCC(C(=O)OC)(CC1)CC2. The van der Waals surface area contributed by atoms with E-state index in [1.54, 1.807) is 0 Å². The summed E-state index contributed by atoms with van der Waals surface area (Å²) < 4.78 is 10.4. The van der Waals surface area contributed by atoms with Gasteiger partial charge in [0.1, 0.15) is 6.04 Å². The Kier molecular flexibility index (Phi) is 5.26. The normalized spacial score (nSPS) is 28.3. The molecule has 3 aliphatic carbocycles. The van der Waals surface area contributed by atoms with Crippen LogP contribution < -0.4 is 5.32 Å². The van der Waals surface area contributed by atoms with E-state index in [9.17, 15) is 9.59 Å². The summed E-state index contributed by atoms with van der Waals surface area (Å²) in [7, 11) is 1.47. The van der Waals surface area contributed by atoms with E-state index in [2.05, 4.69) is 5.32 Å². The predicted octanol–water partition coefficient (Wildman–Crippen LogP) is 3.85. The predicted molar refractivity (Wildman–Crippen MR) is 99.8 cm³/mol. The number of hydrogen-bond donors (Lipinski definition) is 1. The van der Waals surface area contributed by atoms with E-state index in [-0.39, 0.29) is 28.8 Å². The van der Waals surface area contributed by atoms with Crippen LogP contribution in [-0.2, 0) is 19.1 Å². The van der Waals surface area contributed by atoms with Crippen molar-refractivity contribution in [3.8, 4) is 0 Å². The number of benzene rings is 1. The fourth-order valence-electron chi connectivity index (χ4n) is 4.67. The van der Waals surface area contributed by atoms with Crippen LogP contribution in [0.3, 0.4) is 0 Å². The second kappa shape index (κ2) is 7.29. The molecule has 0 saturated heterocycles. The third kappa shape index (κ3) is 3.31. The molecule has 1 unspecified atom stereocenters. The second-order valence-corrected chi connectivity index (χ2v) is 7.83. The molecular weight excluding hydrogens is 330 g/mol. The maximum absolute atomic E-state index is 12.8. The van der Waals surface area contributed by atoms with Gasteiger partial charge in [0, 0.05) is 11.1 Å². The van der Waals surface area contributed by atoms with Crippen LogP contribution in [0.1, 0.15) is 51.0 Å². The van der Waals surface area contributed by atoms with Gasteiger partial charge in [0.25, 0.3) is 0 Å². The molecule has 5 nitrogen and oxygen atoms in total. The van der Waals surface area contributed by atoms with Gasteiger partial charge in [0.2, 0.25) is 0 Å². The zero-order valence-electron chi connectivity index (χ0n) is 16.0. The van der Waals surface area contributed by atoms with Gasteiger partial charge in [-0.3, -0.25) is 4.79 Å². The number of nitrogens with one attached hydrogen (secondary N) is 1. The maximum atomic E-state index is 12.8. The van der Waals surface area contributed by atoms with E-state index < -0.39 is 0 Å². The van der Waals surface area contributed by atoms with E-state index in [1.807, 2.05) is 38.1 Å². The number of carbonyl (C=O) groups is 2. The zero-order chi connectivity index (χ0) is 18.8. The first-order chi connectivity index (χ1) is 12.4. The Morgan fingerprint density at radius 3 is 2.15 bits per heavy atom. The monoisotopic (exact) mass is 359 g/mol. The Morgan fingerprint density at radius 2 is 1.65 bits per heavy atom. The molecule has 0 heterocycles. The summed E-state index contributed by atoms with van der Waals surface area (Å²) in [5, 5.41) is 3.44. The molecule has 0 radical (unpaired) electrons. The molecule has 3 saturated carbocycles. The van der Waals surface area contributed by atoms with E-state index in [4.69, 9.17) is 9.47 Å². The second-order valence-electron chi connectivity index (χ2n) is 7.83. The molecule has 26 heavy (non-hydrogen) atoms. The molecule has 3 fully saturated rings. The Bertz CT molecular complexity index is 643. The van der Waals surface area contributed by atoms with Crippen LogP contribution in [0.15, 0.2) is 24.3 Å². The van der Waals surface area contributed by atoms with Crippen LogP contribution in [0.2, 0.25) is 0 Å². The first kappa shape index (κ1) is 18.7. The van der Waals surface area contributed by atoms with Gasteiger partial charge in [0.05, 0.1) is 19.1 Å². The van der Waals surface area contributed by atoms with E-state index in [0.717, 1.165) is 44.2 Å². The number of methoxy groups -OCH3 is 1. The highest BCUT2D eigenvalue weighted by molar-refractivity contribution is 5.81. The average molecular weight is 359 g/mol. The van der Waals surface area contributed by atoms with Crippen molar-refractivity contribution in [2.24, 2.45) is 10.8 Å². The van der Waals surface area contributed by atoms with Crippen LogP contribution in [0.5, 0.6) is 0 Å². The van der Waals surface area contributed by atoms with Gasteiger partial charge < -0.3 is 14.8 Å². The number of anilines is 1. The summed E-state index contributed by atoms with van der Waals surface area (Å²) in [5.41, 5.74) is 1.60. The Morgan fingerprint density at radius 1 is 1.08 bits per heavy atom. The smallest absolute Gasteiger partial charge is 0.329 e. The average Bonchev–Trinajstić information content (AvgIpc) is 2.68. The van der Waals surface area contributed by atoms with Crippen molar-refractivity contribution < 1.29 is 19.1 Å². The molecule has 1 atom stereocenters. The number of carbonyl (C=O) groups excluding carboxylic acids is 2. The standard InChI is InChI=1S/C21H29NO4/c1-4-26-18(23)17(22-16-7-5-15(2)6-8-16)20-9-12-21(13-10-20,14-11-20)19(24)25-3/h5-8,17,22H,4,9-14H2,1-3H3. The van der Waals surface area contributed by atoms with Gasteiger partial charge in [-0.1, -0.05) is 17.7 Å². The molecule has 1 N–H and O–H groups in total. The Balaban J connectivity index is 1.82. The number of ether oxygens (including phenoxy) is 2. The van der Waals surface area contributed by atoms with Crippen molar-refractivity contribution in [3.63, 3.8) is 0 Å². The summed E-state index contributed by atoms with van der Waals surface area (Å²) in [6.45, 7) is 4.25. The van der Waals surface area contributed by atoms with Crippen molar-refractivity contribution in [2.45, 2.75) is 58.4 Å². The largest absolute Gasteiger partial charge is 0.469 e. The summed E-state index contributed by atoms with van der Waals surface area (Å²) in [5.74, 6) is -0.287. The highest BCUT2D eigenvalue weighted by Gasteiger charge is 2.57. The molecule has 5 heteroatoms. The van der Waals surface area contributed by atoms with Gasteiger partial charge >= 0.3 is 11.9 Å². The number of aryl methyl sites for hydroxylation is 1. The molecule has 0 spiro atoms. The van der Waals surface area contributed by atoms with Crippen LogP contribution >= 0.6 is 0 Å². The summed E-state index contributed by atoms with van der Waals surface area (Å²) in [4.78, 5) is 25.0. The molecular formula is C21H29NO4. The van der Waals surface area contributed by atoms with E-state index in [1.165, 1.54) is 12.7 Å². The highest BCUT2D eigenvalue weighted by atomic mass is 16.5. The van der Waals surface area contributed by atoms with Crippen LogP contribution in [-0.4, -0.2) is 31.7 Å². The van der Waals surface area contributed by atoms with Gasteiger partial charge in [-0.2, -0.15) is 0 Å². The lowest BCUT2D eigenvalue weighted by Crippen LogP contribution is -2.55. The van der Waals surface area contributed by atoms with Crippen LogP contribution in [0.4, 0.5) is 5.69 Å². The molecule has 0 amide bonds. The topological polar surface area (TPSA) is 64.6 Å². The van der Waals surface area contributed by atoms with Gasteiger partial charge in [-0.15, -0.1) is 0 Å². The first-order valence-corrected chi connectivity index (χ1v) is 9.53. The van der Waals surface area contributed by atoms with Gasteiger partial charge in [0.15, 0.2) is 0 Å². The van der Waals surface area contributed by atoms with Crippen molar-refractivity contribution in [3.05, 3.63) is 29.8 Å². The van der Waals surface area contributed by atoms with Gasteiger partial charge in [-0.05, 0) is 64.5 Å². The minimum absolute atomic E-state index is 0.0926. The summed E-state index contributed by atoms with van der Waals surface area (Å²) in [6.07, 6.45) is 4.86. The number of hydrogen-bond acceptors (Lipinski definition) is 5. The van der Waals surface area contributed by atoms with E-state index in [0.29, 0.717) is 6.61 Å². The van der Waals surface area contributed by atoms with Crippen LogP contribution in [0.25, 0.3) is 0 Å². The lowest BCUT2D eigenvalue weighted by molar-refractivity contribution is -0.166. The van der Waals surface area contributed by atoms with Crippen molar-refractivity contribution in [1.29, 1.82) is 0 Å². The van der Waals surface area contributed by atoms with Crippen molar-refractivity contribution in [1.82, 2.24) is 0 Å². The molecule has 2 bridgehead atoms. The lowest BCUT2D eigenvalue weighted by Gasteiger charge is -2.54. The molecule has 3 aliphatic rings. The third-order valence-corrected chi connectivity index (χ3v) is 6.42. The van der Waals surface area contributed by atoms with E-state index >= 15 is 0 Å². The fourth-order valence-corrected chi connectivity index (χ4v) is 4.67. The van der Waals surface area contributed by atoms with Crippen LogP contribution in [0, 0.1) is 17.8 Å². The number of rotatable bonds is 6. The minimum Gasteiger partial charge on any atom is -0.469 e. The molecule has 0 aliphatic heterocycles. The molecule has 1 aromatic carbocycles. The third-order valence-electron chi connectivity index (χ3n) is 6.42. The molecule has 4 rings (SSSR count). The maximum Gasteiger partial charge on any atom is 0.329 e. The minimum atomic E-state index is -0.388. The van der Waals surface area contributed by atoms with Crippen molar-refractivity contribution in [2.75, 3.05) is 19.0 Å². The fraction of sp³-hybridized carbons (Fsp3) is 0.619. The van der Waals surface area contributed by atoms with Gasteiger partial charge in [-0.25, -0.2) is 4.79 Å². The summed E-state index contributed by atoms with van der Waals surface area (Å²) in [6, 6.07) is 7.69. The quantitative estimate of drug-likeness (QED) is 0.782. The highest BCUT2D eigenvalue weighted by Crippen LogP contribution is 2.59. The Hall–Kier alpha value is -2.04. The summed E-state index contributed by atoms with van der Waals surface area (Å²) >= 11 is 0. The number of esters is 2. The molecule has 1 aromatic rings. The Labute approximate surface area is 155 Å².